The summed E-state index contributed by atoms with van der Waals surface area (Å²) < 4.78 is 3.74. The highest BCUT2D eigenvalue weighted by atomic mass is 35.5. The second kappa shape index (κ2) is 7.68. The van der Waals surface area contributed by atoms with Crippen LogP contribution in [0, 0.1) is 0 Å². The number of carboxylic acids is 1. The Kier molecular flexibility index (Phi) is 5.37. The quantitative estimate of drug-likeness (QED) is 0.387. The largest absolute Gasteiger partial charge is 0.477 e. The normalized spacial score (nSPS) is 27.4. The van der Waals surface area contributed by atoms with E-state index in [2.05, 4.69) is 5.32 Å². The summed E-state index contributed by atoms with van der Waals surface area (Å²) in [5, 5.41) is 11.9. The summed E-state index contributed by atoms with van der Waals surface area (Å²) in [6.07, 6.45) is 2.77. The zero-order valence-electron chi connectivity index (χ0n) is 14.9. The number of ether oxygens (including phenoxy) is 1. The van der Waals surface area contributed by atoms with Gasteiger partial charge in [-0.3, -0.25) is 14.5 Å². The molecule has 1 aromatic rings. The van der Waals surface area contributed by atoms with Crippen LogP contribution in [-0.4, -0.2) is 55.6 Å². The molecule has 29 heavy (non-hydrogen) atoms. The number of carbonyl (C=O) groups is 3. The second-order valence-electron chi connectivity index (χ2n) is 6.76. The number of benzene rings is 1. The van der Waals surface area contributed by atoms with Gasteiger partial charge in [0.05, 0.1) is 6.42 Å². The molecule has 2 N–H and O–H groups in total. The maximum absolute atomic E-state index is 12.6. The summed E-state index contributed by atoms with van der Waals surface area (Å²) in [7, 11) is 0. The molecule has 0 aromatic heterocycles. The van der Waals surface area contributed by atoms with E-state index in [9.17, 15) is 19.5 Å². The van der Waals surface area contributed by atoms with Crippen LogP contribution in [0.1, 0.15) is 5.56 Å². The lowest BCUT2D eigenvalue weighted by atomic mass is 10.0. The average Bonchev–Trinajstić information content (AvgIpc) is 3.30. The van der Waals surface area contributed by atoms with Gasteiger partial charge in [0.1, 0.15) is 23.2 Å². The number of hydrogen-bond donors (Lipinski definition) is 2. The summed E-state index contributed by atoms with van der Waals surface area (Å²) in [4.78, 5) is 37.9. The molecule has 0 saturated carbocycles. The molecule has 3 atom stereocenters. The Bertz CT molecular complexity index is 934. The van der Waals surface area contributed by atoms with Crippen LogP contribution in [0.4, 0.5) is 0 Å². The molecule has 3 aliphatic rings. The van der Waals surface area contributed by atoms with Crippen molar-refractivity contribution in [2.45, 2.75) is 28.5 Å². The van der Waals surface area contributed by atoms with Crippen molar-refractivity contribution in [3.8, 4) is 0 Å². The third kappa shape index (κ3) is 4.02. The van der Waals surface area contributed by atoms with Crippen LogP contribution < -0.4 is 5.32 Å². The number of halogens is 2. The van der Waals surface area contributed by atoms with Crippen LogP contribution in [0.3, 0.4) is 0 Å². The number of nitrogens with one attached hydrogen (secondary N) is 1. The average molecular weight is 455 g/mol. The van der Waals surface area contributed by atoms with E-state index < -0.39 is 33.9 Å². The van der Waals surface area contributed by atoms with Crippen molar-refractivity contribution in [3.63, 3.8) is 0 Å². The number of allylic oxidation sites excluding steroid dienone is 1. The number of amides is 2. The number of aliphatic carboxylic acids is 1. The molecule has 0 aliphatic carbocycles. The van der Waals surface area contributed by atoms with Crippen LogP contribution in [0.5, 0.6) is 0 Å². The maximum atomic E-state index is 12.6. The van der Waals surface area contributed by atoms with Gasteiger partial charge >= 0.3 is 5.97 Å². The first kappa shape index (κ1) is 20.3. The van der Waals surface area contributed by atoms with E-state index in [-0.39, 0.29) is 18.0 Å². The Balaban J connectivity index is 1.45. The Morgan fingerprint density at radius 2 is 2.03 bits per heavy atom. The molecule has 0 radical (unpaired) electrons. The molecule has 152 valence electrons. The molecule has 2 unspecified atom stereocenters. The molecule has 0 bridgehead atoms. The van der Waals surface area contributed by atoms with E-state index in [0.29, 0.717) is 11.3 Å². The second-order valence-corrected chi connectivity index (χ2v) is 9.18. The van der Waals surface area contributed by atoms with Gasteiger partial charge in [0.2, 0.25) is 10.4 Å². The van der Waals surface area contributed by atoms with Gasteiger partial charge in [-0.05, 0) is 17.2 Å². The van der Waals surface area contributed by atoms with Crippen LogP contribution >= 0.6 is 35.0 Å². The molecule has 2 fully saturated rings. The van der Waals surface area contributed by atoms with Gasteiger partial charge in [-0.15, -0.1) is 11.8 Å². The van der Waals surface area contributed by atoms with Crippen molar-refractivity contribution in [1.82, 2.24) is 10.2 Å². The molecule has 1 aromatic carbocycles. The molecular weight excluding hydrogens is 439 g/mol. The SMILES string of the molecule is O=C(Cc1ccccc1)NC1C(=O)N2C(C(=O)O)=C(C=CC3OC3(Cl)Cl)CS[C@H]12. The van der Waals surface area contributed by atoms with Crippen LogP contribution in [0.2, 0.25) is 0 Å². The first-order valence-electron chi connectivity index (χ1n) is 8.76. The van der Waals surface area contributed by atoms with Crippen molar-refractivity contribution in [3.05, 3.63) is 59.3 Å². The van der Waals surface area contributed by atoms with Gasteiger partial charge in [0.15, 0.2) is 0 Å². The lowest BCUT2D eigenvalue weighted by Gasteiger charge is -2.49. The van der Waals surface area contributed by atoms with Gasteiger partial charge < -0.3 is 15.2 Å². The summed E-state index contributed by atoms with van der Waals surface area (Å²) in [5.74, 6) is -1.58. The third-order valence-corrected chi connectivity index (χ3v) is 6.67. The lowest BCUT2D eigenvalue weighted by molar-refractivity contribution is -0.150. The van der Waals surface area contributed by atoms with E-state index in [1.54, 1.807) is 12.2 Å². The molecular formula is C19H16Cl2N2O5S. The molecule has 2 amide bonds. The standard InChI is InChI=1S/C19H16Cl2N2O5S/c20-19(21)12(28-19)7-6-11-9-29-17-14(16(25)23(17)15(11)18(26)27)22-13(24)8-10-4-2-1-3-5-10/h1-7,12,14,17H,8-9H2,(H,22,24)(H,26,27)/t12?,14?,17-/m1/s1. The Hall–Kier alpha value is -2.00. The Morgan fingerprint density at radius 3 is 2.66 bits per heavy atom. The number of β-lactam (4-membered cyclic amide) rings is 1. The predicted molar refractivity (Wildman–Crippen MR) is 108 cm³/mol. The number of carboxylic acid groups (broad SMARTS) is 1. The minimum absolute atomic E-state index is 0.0982. The van der Waals surface area contributed by atoms with Gasteiger partial charge in [0, 0.05) is 5.75 Å². The van der Waals surface area contributed by atoms with E-state index >= 15 is 0 Å². The molecule has 2 saturated heterocycles. The van der Waals surface area contributed by atoms with Gasteiger partial charge in [-0.25, -0.2) is 4.79 Å². The number of carbonyl (C=O) groups excluding carboxylic acids is 2. The molecule has 0 spiro atoms. The third-order valence-electron chi connectivity index (χ3n) is 4.75. The van der Waals surface area contributed by atoms with Crippen LogP contribution in [0.15, 0.2) is 53.8 Å². The first-order valence-corrected chi connectivity index (χ1v) is 10.6. The monoisotopic (exact) mass is 454 g/mol. The smallest absolute Gasteiger partial charge is 0.352 e. The topological polar surface area (TPSA) is 99.2 Å². The van der Waals surface area contributed by atoms with Crippen LogP contribution in [-0.2, 0) is 25.5 Å². The molecule has 3 heterocycles. The Morgan fingerprint density at radius 1 is 1.34 bits per heavy atom. The number of nitrogens with zero attached hydrogens (tertiary/aromatic N) is 1. The molecule has 10 heteroatoms. The van der Waals surface area contributed by atoms with Gasteiger partial charge in [-0.1, -0.05) is 59.6 Å². The number of epoxide rings is 1. The number of rotatable bonds is 6. The highest BCUT2D eigenvalue weighted by Crippen LogP contribution is 2.46. The van der Waals surface area contributed by atoms with E-state index in [0.717, 1.165) is 5.56 Å². The number of alkyl halides is 2. The fourth-order valence-electron chi connectivity index (χ4n) is 3.27. The molecule has 3 aliphatic heterocycles. The lowest BCUT2D eigenvalue weighted by Crippen LogP contribution is -2.70. The zero-order valence-corrected chi connectivity index (χ0v) is 17.2. The summed E-state index contributed by atoms with van der Waals surface area (Å²) in [6.45, 7) is 0. The van der Waals surface area contributed by atoms with E-state index in [4.69, 9.17) is 27.9 Å². The fraction of sp³-hybridized carbons (Fsp3) is 0.316. The highest BCUT2D eigenvalue weighted by Gasteiger charge is 2.55. The van der Waals surface area contributed by atoms with Crippen molar-refractivity contribution in [2.75, 3.05) is 5.75 Å². The maximum Gasteiger partial charge on any atom is 0.352 e. The van der Waals surface area contributed by atoms with E-state index in [1.807, 2.05) is 30.3 Å². The highest BCUT2D eigenvalue weighted by molar-refractivity contribution is 8.00. The minimum atomic E-state index is -1.29. The van der Waals surface area contributed by atoms with Gasteiger partial charge in [0.25, 0.3) is 5.91 Å². The minimum Gasteiger partial charge on any atom is -0.477 e. The Labute approximate surface area is 180 Å². The zero-order chi connectivity index (χ0) is 20.8. The number of thioether (sulfide) groups is 1. The molecule has 4 rings (SSSR count). The molecule has 7 nitrogen and oxygen atoms in total. The van der Waals surface area contributed by atoms with Crippen molar-refractivity contribution in [1.29, 1.82) is 0 Å². The van der Waals surface area contributed by atoms with Crippen LogP contribution in [0.25, 0.3) is 0 Å². The van der Waals surface area contributed by atoms with Crippen molar-refractivity contribution in [2.24, 2.45) is 0 Å². The first-order chi connectivity index (χ1) is 13.8. The predicted octanol–water partition coefficient (Wildman–Crippen LogP) is 2.05. The number of fused-ring (bicyclic) bond motifs is 1. The van der Waals surface area contributed by atoms with Crippen molar-refractivity contribution >= 4 is 52.7 Å². The number of hydrogen-bond acceptors (Lipinski definition) is 5. The summed E-state index contributed by atoms with van der Waals surface area (Å²) >= 11 is 13.0. The summed E-state index contributed by atoms with van der Waals surface area (Å²) in [6, 6.07) is 8.43. The fourth-order valence-corrected chi connectivity index (χ4v) is 4.92. The summed E-state index contributed by atoms with van der Waals surface area (Å²) in [5.41, 5.74) is 1.19. The van der Waals surface area contributed by atoms with E-state index in [1.165, 1.54) is 16.7 Å². The van der Waals surface area contributed by atoms with Crippen molar-refractivity contribution < 1.29 is 24.2 Å². The van der Waals surface area contributed by atoms with Gasteiger partial charge in [-0.2, -0.15) is 0 Å².